The van der Waals surface area contributed by atoms with Gasteiger partial charge in [-0.05, 0) is 56.2 Å². The van der Waals surface area contributed by atoms with Crippen molar-refractivity contribution in [1.29, 1.82) is 0 Å². The molecule has 1 atom stereocenters. The number of esters is 1. The Morgan fingerprint density at radius 2 is 1.88 bits per heavy atom. The number of carbonyl (C=O) groups is 2. The van der Waals surface area contributed by atoms with Gasteiger partial charge in [-0.15, -0.1) is 0 Å². The van der Waals surface area contributed by atoms with Gasteiger partial charge in [-0.1, -0.05) is 23.7 Å². The van der Waals surface area contributed by atoms with E-state index in [9.17, 15) is 9.59 Å². The molecule has 0 saturated heterocycles. The van der Waals surface area contributed by atoms with Gasteiger partial charge in [-0.2, -0.15) is 0 Å². The lowest BCUT2D eigenvalue weighted by Crippen LogP contribution is -2.30. The average molecular weight is 362 g/mol. The van der Waals surface area contributed by atoms with Crippen molar-refractivity contribution in [2.45, 2.75) is 26.9 Å². The number of anilines is 1. The van der Waals surface area contributed by atoms with E-state index in [4.69, 9.17) is 21.1 Å². The number of aryl methyl sites for hydroxylation is 1. The Morgan fingerprint density at radius 1 is 1.16 bits per heavy atom. The van der Waals surface area contributed by atoms with Crippen LogP contribution in [0.15, 0.2) is 36.4 Å². The minimum absolute atomic E-state index is 0.412. The maximum Gasteiger partial charge on any atom is 0.339 e. The molecular formula is C19H20ClNO4. The Balaban J connectivity index is 2.09. The van der Waals surface area contributed by atoms with Crippen molar-refractivity contribution in [3.05, 3.63) is 58.1 Å². The first-order valence-electron chi connectivity index (χ1n) is 7.75. The number of carbonyl (C=O) groups excluding carboxylic acids is 2. The Bertz CT molecular complexity index is 804. The van der Waals surface area contributed by atoms with Crippen molar-refractivity contribution < 1.29 is 19.1 Å². The van der Waals surface area contributed by atoms with Crippen LogP contribution in [0.5, 0.6) is 5.75 Å². The van der Waals surface area contributed by atoms with Gasteiger partial charge in [0.25, 0.3) is 5.91 Å². The number of amides is 1. The van der Waals surface area contributed by atoms with Crippen LogP contribution < -0.4 is 10.1 Å². The van der Waals surface area contributed by atoms with E-state index in [2.05, 4.69) is 5.32 Å². The van der Waals surface area contributed by atoms with E-state index in [0.29, 0.717) is 22.0 Å². The van der Waals surface area contributed by atoms with Crippen LogP contribution >= 0.6 is 11.6 Å². The fraction of sp³-hybridized carbons (Fsp3) is 0.263. The number of ether oxygens (including phenoxy) is 2. The largest absolute Gasteiger partial charge is 0.495 e. The van der Waals surface area contributed by atoms with Gasteiger partial charge in [-0.25, -0.2) is 4.79 Å². The lowest BCUT2D eigenvalue weighted by Gasteiger charge is -2.16. The van der Waals surface area contributed by atoms with Crippen molar-refractivity contribution in [3.63, 3.8) is 0 Å². The molecule has 0 aliphatic heterocycles. The van der Waals surface area contributed by atoms with E-state index >= 15 is 0 Å². The summed E-state index contributed by atoms with van der Waals surface area (Å²) in [6.45, 7) is 5.26. The third-order valence-corrected chi connectivity index (χ3v) is 4.13. The van der Waals surface area contributed by atoms with E-state index in [0.717, 1.165) is 11.1 Å². The predicted molar refractivity (Wildman–Crippen MR) is 97.4 cm³/mol. The zero-order chi connectivity index (χ0) is 18.6. The monoisotopic (exact) mass is 361 g/mol. The smallest absolute Gasteiger partial charge is 0.339 e. The van der Waals surface area contributed by atoms with Crippen LogP contribution in [0.3, 0.4) is 0 Å². The quantitative estimate of drug-likeness (QED) is 0.812. The fourth-order valence-electron chi connectivity index (χ4n) is 2.26. The molecule has 2 rings (SSSR count). The molecule has 1 amide bonds. The van der Waals surface area contributed by atoms with E-state index in [1.807, 2.05) is 19.9 Å². The van der Waals surface area contributed by atoms with E-state index in [-0.39, 0.29) is 0 Å². The zero-order valence-electron chi connectivity index (χ0n) is 14.6. The van der Waals surface area contributed by atoms with Gasteiger partial charge >= 0.3 is 5.97 Å². The molecule has 2 aromatic carbocycles. The summed E-state index contributed by atoms with van der Waals surface area (Å²) in [5, 5.41) is 3.11. The molecule has 132 valence electrons. The van der Waals surface area contributed by atoms with Gasteiger partial charge < -0.3 is 14.8 Å². The first-order chi connectivity index (χ1) is 11.8. The van der Waals surface area contributed by atoms with Crippen LogP contribution in [0.2, 0.25) is 5.02 Å². The van der Waals surface area contributed by atoms with Crippen molar-refractivity contribution >= 4 is 29.2 Å². The summed E-state index contributed by atoms with van der Waals surface area (Å²) in [4.78, 5) is 24.6. The Hall–Kier alpha value is -2.53. The summed E-state index contributed by atoms with van der Waals surface area (Å²) in [7, 11) is 1.49. The van der Waals surface area contributed by atoms with E-state index in [1.165, 1.54) is 14.0 Å². The van der Waals surface area contributed by atoms with Gasteiger partial charge in [-0.3, -0.25) is 4.79 Å². The fourth-order valence-corrected chi connectivity index (χ4v) is 2.43. The average Bonchev–Trinajstić information content (AvgIpc) is 2.57. The SMILES string of the molecule is COc1ccc(Cl)cc1NC(=O)[C@H](C)OC(=O)c1cccc(C)c1C. The maximum absolute atomic E-state index is 12.3. The highest BCUT2D eigenvalue weighted by molar-refractivity contribution is 6.31. The second-order valence-electron chi connectivity index (χ2n) is 5.63. The van der Waals surface area contributed by atoms with Gasteiger partial charge in [0.2, 0.25) is 0 Å². The number of hydrogen-bond donors (Lipinski definition) is 1. The molecule has 0 radical (unpaired) electrons. The minimum atomic E-state index is -0.976. The molecule has 0 heterocycles. The number of methoxy groups -OCH3 is 1. The molecule has 25 heavy (non-hydrogen) atoms. The van der Waals surface area contributed by atoms with Crippen LogP contribution in [-0.4, -0.2) is 25.1 Å². The number of halogens is 1. The van der Waals surface area contributed by atoms with Crippen LogP contribution in [0.25, 0.3) is 0 Å². The van der Waals surface area contributed by atoms with Gasteiger partial charge in [0.05, 0.1) is 18.4 Å². The van der Waals surface area contributed by atoms with Crippen LogP contribution in [0.4, 0.5) is 5.69 Å². The van der Waals surface area contributed by atoms with Gasteiger partial charge in [0, 0.05) is 5.02 Å². The molecule has 1 N–H and O–H groups in total. The molecule has 0 saturated carbocycles. The minimum Gasteiger partial charge on any atom is -0.495 e. The number of hydrogen-bond acceptors (Lipinski definition) is 4. The first kappa shape index (κ1) is 18.8. The second-order valence-corrected chi connectivity index (χ2v) is 6.07. The summed E-state index contributed by atoms with van der Waals surface area (Å²) >= 11 is 5.94. The lowest BCUT2D eigenvalue weighted by atomic mass is 10.0. The van der Waals surface area contributed by atoms with E-state index < -0.39 is 18.0 Å². The molecule has 0 aliphatic rings. The standard InChI is InChI=1S/C19H20ClNO4/c1-11-6-5-7-15(12(11)2)19(23)25-13(3)18(22)21-16-10-14(20)8-9-17(16)24-4/h5-10,13H,1-4H3,(H,21,22)/t13-/m0/s1. The first-order valence-corrected chi connectivity index (χ1v) is 8.13. The van der Waals surface area contributed by atoms with Gasteiger partial charge in [0.1, 0.15) is 5.75 Å². The number of rotatable bonds is 5. The Labute approximate surface area is 151 Å². The molecule has 0 unspecified atom stereocenters. The third kappa shape index (κ3) is 4.51. The Morgan fingerprint density at radius 3 is 2.56 bits per heavy atom. The summed E-state index contributed by atoms with van der Waals surface area (Å²) in [5.41, 5.74) is 2.67. The summed E-state index contributed by atoms with van der Waals surface area (Å²) < 4.78 is 10.5. The molecule has 0 aliphatic carbocycles. The van der Waals surface area contributed by atoms with Crippen LogP contribution in [0.1, 0.15) is 28.4 Å². The summed E-state index contributed by atoms with van der Waals surface area (Å²) in [5.74, 6) is -0.549. The number of nitrogens with one attached hydrogen (secondary N) is 1. The highest BCUT2D eigenvalue weighted by atomic mass is 35.5. The molecule has 0 fully saturated rings. The van der Waals surface area contributed by atoms with Crippen LogP contribution in [0, 0.1) is 13.8 Å². The lowest BCUT2D eigenvalue weighted by molar-refractivity contribution is -0.123. The predicted octanol–water partition coefficient (Wildman–Crippen LogP) is 4.15. The van der Waals surface area contributed by atoms with Crippen molar-refractivity contribution in [3.8, 4) is 5.75 Å². The number of benzene rings is 2. The van der Waals surface area contributed by atoms with Crippen LogP contribution in [-0.2, 0) is 9.53 Å². The molecular weight excluding hydrogens is 342 g/mol. The van der Waals surface area contributed by atoms with Crippen molar-refractivity contribution in [2.24, 2.45) is 0 Å². The highest BCUT2D eigenvalue weighted by Gasteiger charge is 2.21. The third-order valence-electron chi connectivity index (χ3n) is 3.90. The summed E-state index contributed by atoms with van der Waals surface area (Å²) in [6, 6.07) is 10.2. The van der Waals surface area contributed by atoms with E-state index in [1.54, 1.807) is 30.3 Å². The second kappa shape index (κ2) is 8.03. The molecule has 0 aromatic heterocycles. The molecule has 5 nitrogen and oxygen atoms in total. The highest BCUT2D eigenvalue weighted by Crippen LogP contribution is 2.28. The molecule has 6 heteroatoms. The van der Waals surface area contributed by atoms with Crippen molar-refractivity contribution in [1.82, 2.24) is 0 Å². The molecule has 0 bridgehead atoms. The molecule has 0 spiro atoms. The van der Waals surface area contributed by atoms with Crippen molar-refractivity contribution in [2.75, 3.05) is 12.4 Å². The zero-order valence-corrected chi connectivity index (χ0v) is 15.3. The topological polar surface area (TPSA) is 64.6 Å². The maximum atomic E-state index is 12.3. The molecule has 2 aromatic rings. The van der Waals surface area contributed by atoms with Gasteiger partial charge in [0.15, 0.2) is 6.10 Å². The normalized spacial score (nSPS) is 11.6. The Kier molecular flexibility index (Phi) is 6.04. The summed E-state index contributed by atoms with van der Waals surface area (Å²) in [6.07, 6.45) is -0.976.